The summed E-state index contributed by atoms with van der Waals surface area (Å²) in [6.07, 6.45) is 1.61. The largest absolute Gasteiger partial charge is 0.497 e. The lowest BCUT2D eigenvalue weighted by molar-refractivity contribution is 0.415. The first-order chi connectivity index (χ1) is 9.19. The van der Waals surface area contributed by atoms with Crippen LogP contribution in [0.3, 0.4) is 0 Å². The van der Waals surface area contributed by atoms with E-state index in [9.17, 15) is 4.79 Å². The number of methoxy groups -OCH3 is 1. The highest BCUT2D eigenvalue weighted by Gasteiger charge is 2.18. The number of hydrogen-bond acceptors (Lipinski definition) is 5. The number of hydrogen-bond donors (Lipinski definition) is 2. The molecule has 0 unspecified atom stereocenters. The molecule has 0 aliphatic carbocycles. The molecular weight excluding hydrogens is 244 g/mol. The molecule has 6 nitrogen and oxygen atoms in total. The number of aromatic nitrogens is 2. The zero-order valence-corrected chi connectivity index (χ0v) is 10.3. The molecule has 1 aromatic carbocycles. The number of nitrogens with zero attached hydrogens (tertiary/aromatic N) is 2. The quantitative estimate of drug-likeness (QED) is 0.764. The van der Waals surface area contributed by atoms with Crippen molar-refractivity contribution in [1.29, 1.82) is 0 Å². The van der Waals surface area contributed by atoms with E-state index in [4.69, 9.17) is 4.74 Å². The van der Waals surface area contributed by atoms with Crippen LogP contribution < -0.4 is 31.4 Å². The van der Waals surface area contributed by atoms with E-state index in [0.717, 1.165) is 11.4 Å². The lowest BCUT2D eigenvalue weighted by atomic mass is 10.3. The maximum absolute atomic E-state index is 11.8. The van der Waals surface area contributed by atoms with Gasteiger partial charge in [-0.1, -0.05) is 12.6 Å². The predicted octanol–water partition coefficient (Wildman–Crippen LogP) is -0.417. The molecule has 1 aromatic heterocycles. The predicted molar refractivity (Wildman–Crippen MR) is 72.4 cm³/mol. The van der Waals surface area contributed by atoms with E-state index in [1.165, 1.54) is 0 Å². The summed E-state index contributed by atoms with van der Waals surface area (Å²) in [6, 6.07) is 7.46. The molecule has 0 fully saturated rings. The molecule has 0 bridgehead atoms. The number of nitrogens with one attached hydrogen (secondary N) is 2. The molecule has 1 aliphatic heterocycles. The van der Waals surface area contributed by atoms with Gasteiger partial charge in [0.1, 0.15) is 16.4 Å². The number of fused-ring (bicyclic) bond motifs is 1. The van der Waals surface area contributed by atoms with Gasteiger partial charge in [0, 0.05) is 12.3 Å². The third kappa shape index (κ3) is 1.83. The highest BCUT2D eigenvalue weighted by atomic mass is 16.5. The Balaban J connectivity index is 2.14. The lowest BCUT2D eigenvalue weighted by Crippen LogP contribution is -2.37. The zero-order valence-electron chi connectivity index (χ0n) is 10.3. The van der Waals surface area contributed by atoms with Gasteiger partial charge in [0.15, 0.2) is 5.82 Å². The monoisotopic (exact) mass is 256 g/mol. The van der Waals surface area contributed by atoms with E-state index in [-0.39, 0.29) is 5.56 Å². The van der Waals surface area contributed by atoms with Gasteiger partial charge in [0.25, 0.3) is 5.56 Å². The summed E-state index contributed by atoms with van der Waals surface area (Å²) in [7, 11) is 1.60. The Morgan fingerprint density at radius 3 is 3.05 bits per heavy atom. The van der Waals surface area contributed by atoms with E-state index in [1.54, 1.807) is 18.3 Å². The summed E-state index contributed by atoms with van der Waals surface area (Å²) >= 11 is 0. The molecule has 0 spiro atoms. The number of ether oxygens (including phenoxy) is 1. The molecule has 2 aromatic rings. The fourth-order valence-corrected chi connectivity index (χ4v) is 1.95. The second kappa shape index (κ2) is 4.16. The summed E-state index contributed by atoms with van der Waals surface area (Å²) < 4.78 is 5.18. The van der Waals surface area contributed by atoms with Crippen LogP contribution in [0.25, 0.3) is 12.8 Å². The minimum Gasteiger partial charge on any atom is -0.497 e. The molecule has 6 heteroatoms. The fourth-order valence-electron chi connectivity index (χ4n) is 1.95. The number of aromatic amines is 1. The van der Waals surface area contributed by atoms with Crippen molar-refractivity contribution in [2.75, 3.05) is 12.1 Å². The van der Waals surface area contributed by atoms with Gasteiger partial charge in [0.05, 0.1) is 12.8 Å². The Hall–Kier alpha value is -2.76. The number of H-pyrrole nitrogens is 1. The van der Waals surface area contributed by atoms with E-state index < -0.39 is 0 Å². The Morgan fingerprint density at radius 2 is 2.26 bits per heavy atom. The van der Waals surface area contributed by atoms with Gasteiger partial charge in [-0.25, -0.2) is 9.99 Å². The second-order valence-electron chi connectivity index (χ2n) is 4.06. The van der Waals surface area contributed by atoms with Crippen LogP contribution in [-0.4, -0.2) is 17.1 Å². The first-order valence-corrected chi connectivity index (χ1v) is 5.69. The molecule has 0 saturated heterocycles. The molecule has 3 rings (SSSR count). The first-order valence-electron chi connectivity index (χ1n) is 5.69. The molecule has 1 aliphatic rings. The van der Waals surface area contributed by atoms with Crippen molar-refractivity contribution in [3.05, 3.63) is 45.3 Å². The Bertz CT molecular complexity index is 797. The van der Waals surface area contributed by atoms with Crippen molar-refractivity contribution in [3.63, 3.8) is 0 Å². The lowest BCUT2D eigenvalue weighted by Gasteiger charge is -2.19. The molecule has 0 amide bonds. The molecule has 2 heterocycles. The summed E-state index contributed by atoms with van der Waals surface area (Å²) in [6.45, 7) is 3.66. The van der Waals surface area contributed by atoms with E-state index >= 15 is 0 Å². The molecule has 0 saturated carbocycles. The number of rotatable bonds is 2. The van der Waals surface area contributed by atoms with Crippen LogP contribution in [0, 0.1) is 0 Å². The van der Waals surface area contributed by atoms with Gasteiger partial charge in [-0.15, -0.1) is 0 Å². The van der Waals surface area contributed by atoms with E-state index in [0.29, 0.717) is 16.5 Å². The van der Waals surface area contributed by atoms with Gasteiger partial charge >= 0.3 is 0 Å². The van der Waals surface area contributed by atoms with Crippen LogP contribution in [-0.2, 0) is 0 Å². The van der Waals surface area contributed by atoms with Crippen LogP contribution in [0.15, 0.2) is 29.1 Å². The minimum absolute atomic E-state index is 0.215. The fraction of sp³-hybridized carbons (Fsp3) is 0.0769. The average molecular weight is 256 g/mol. The maximum atomic E-state index is 11.8. The topological polar surface area (TPSA) is 70.2 Å². The second-order valence-corrected chi connectivity index (χ2v) is 4.06. The van der Waals surface area contributed by atoms with Crippen molar-refractivity contribution >= 4 is 24.3 Å². The maximum Gasteiger partial charge on any atom is 0.262 e. The summed E-state index contributed by atoms with van der Waals surface area (Å²) in [5.74, 6) is 1.26. The van der Waals surface area contributed by atoms with Crippen LogP contribution in [0.4, 0.5) is 11.5 Å². The van der Waals surface area contributed by atoms with Crippen molar-refractivity contribution < 1.29 is 4.74 Å². The van der Waals surface area contributed by atoms with Crippen LogP contribution in [0.1, 0.15) is 0 Å². The number of benzene rings is 1. The Kier molecular flexibility index (Phi) is 2.49. The Labute approximate surface area is 108 Å². The minimum atomic E-state index is -0.215. The third-order valence-corrected chi connectivity index (χ3v) is 2.85. The summed E-state index contributed by atoms with van der Waals surface area (Å²) in [5.41, 5.74) is 3.94. The van der Waals surface area contributed by atoms with Gasteiger partial charge in [0.2, 0.25) is 0 Å². The van der Waals surface area contributed by atoms with Gasteiger partial charge in [-0.3, -0.25) is 10.2 Å². The van der Waals surface area contributed by atoms with E-state index in [2.05, 4.69) is 22.0 Å². The molecule has 96 valence electrons. The van der Waals surface area contributed by atoms with Gasteiger partial charge in [-0.05, 0) is 12.1 Å². The molecular formula is C13H12N4O2. The zero-order chi connectivity index (χ0) is 13.4. The van der Waals surface area contributed by atoms with Crippen LogP contribution >= 0.6 is 0 Å². The van der Waals surface area contributed by atoms with Crippen molar-refractivity contribution in [2.24, 2.45) is 0 Å². The molecule has 0 radical (unpaired) electrons. The van der Waals surface area contributed by atoms with Crippen LogP contribution in [0.2, 0.25) is 0 Å². The first kappa shape index (κ1) is 11.3. The normalized spacial score (nSPS) is 12.6. The van der Waals surface area contributed by atoms with Gasteiger partial charge in [-0.2, -0.15) is 0 Å². The smallest absolute Gasteiger partial charge is 0.262 e. The highest BCUT2D eigenvalue weighted by Crippen LogP contribution is 2.24. The third-order valence-electron chi connectivity index (χ3n) is 2.85. The van der Waals surface area contributed by atoms with E-state index in [1.807, 2.05) is 24.3 Å². The van der Waals surface area contributed by atoms with Crippen molar-refractivity contribution in [1.82, 2.24) is 15.4 Å². The van der Waals surface area contributed by atoms with Crippen molar-refractivity contribution in [2.45, 2.75) is 0 Å². The van der Waals surface area contributed by atoms with Crippen LogP contribution in [0.5, 0.6) is 5.75 Å². The summed E-state index contributed by atoms with van der Waals surface area (Å²) in [4.78, 5) is 18.6. The number of anilines is 2. The highest BCUT2D eigenvalue weighted by molar-refractivity contribution is 5.66. The van der Waals surface area contributed by atoms with Gasteiger partial charge < -0.3 is 9.72 Å². The van der Waals surface area contributed by atoms with Crippen molar-refractivity contribution in [3.8, 4) is 5.75 Å². The molecule has 19 heavy (non-hydrogen) atoms. The Morgan fingerprint density at radius 1 is 1.42 bits per heavy atom. The number of hydrazine groups is 1. The standard InChI is InChI=1S/C13H12N4O2/c1-8-15-12-11(13(18)16-8)7-14-17(12)9-4-3-5-10(6-9)19-2/h3-7,14H,1H2,2H3,(H,16,18). The molecule has 0 atom stereocenters. The average Bonchev–Trinajstić information content (AvgIpc) is 2.82. The molecule has 2 N–H and O–H groups in total. The summed E-state index contributed by atoms with van der Waals surface area (Å²) in [5, 5.41) is 2.19. The SMILES string of the molecule is C=c1nc2c(c(=O)[nH]1)=CNN2c1cccc(OC)c1.